The van der Waals surface area contributed by atoms with E-state index >= 15 is 0 Å². The van der Waals surface area contributed by atoms with Crippen LogP contribution in [0.5, 0.6) is 0 Å². The van der Waals surface area contributed by atoms with Crippen molar-refractivity contribution in [3.63, 3.8) is 0 Å². The summed E-state index contributed by atoms with van der Waals surface area (Å²) < 4.78 is 14.2. The van der Waals surface area contributed by atoms with Gasteiger partial charge in [0.2, 0.25) is 0 Å². The molecule has 0 aliphatic heterocycles. The number of alkyl halides is 1. The van der Waals surface area contributed by atoms with Gasteiger partial charge in [-0.1, -0.05) is 34.6 Å². The summed E-state index contributed by atoms with van der Waals surface area (Å²) in [6, 6.07) is 0. The fourth-order valence-corrected chi connectivity index (χ4v) is 3.46. The van der Waals surface area contributed by atoms with E-state index in [1.165, 1.54) is 0 Å². The minimum absolute atomic E-state index is 0.0506. The Morgan fingerprint density at radius 3 is 1.85 bits per heavy atom. The number of rotatable bonds is 0. The zero-order valence-corrected chi connectivity index (χ0v) is 9.45. The molecule has 0 aromatic carbocycles. The molecule has 0 spiro atoms. The van der Waals surface area contributed by atoms with Crippen LogP contribution in [0.3, 0.4) is 0 Å². The van der Waals surface area contributed by atoms with Crippen molar-refractivity contribution in [3.05, 3.63) is 0 Å². The molecule has 0 aromatic rings. The zero-order valence-electron chi connectivity index (χ0n) is 9.45. The minimum Gasteiger partial charge on any atom is -0.243 e. The van der Waals surface area contributed by atoms with Gasteiger partial charge in [-0.2, -0.15) is 0 Å². The summed E-state index contributed by atoms with van der Waals surface area (Å²) in [5, 5.41) is 0. The highest BCUT2D eigenvalue weighted by Gasteiger charge is 2.71. The molecule has 76 valence electrons. The fraction of sp³-hybridized carbons (Fsp3) is 1.00. The first-order valence-electron chi connectivity index (χ1n) is 5.37. The Morgan fingerprint density at radius 2 is 1.69 bits per heavy atom. The van der Waals surface area contributed by atoms with E-state index in [0.29, 0.717) is 11.8 Å². The molecule has 0 radical (unpaired) electrons. The van der Waals surface area contributed by atoms with E-state index in [2.05, 4.69) is 34.6 Å². The normalized spacial score (nSPS) is 47.5. The first kappa shape index (κ1) is 9.48. The molecule has 3 aliphatic carbocycles. The standard InChI is InChI=1S/C12H21F/c1-10(2,3)8-6-12(13)7-9(8)11(12,4)5/h8-9H,6-7H2,1-5H3. The molecular weight excluding hydrogens is 163 g/mol. The van der Waals surface area contributed by atoms with Gasteiger partial charge in [0.15, 0.2) is 0 Å². The summed E-state index contributed by atoms with van der Waals surface area (Å²) >= 11 is 0. The van der Waals surface area contributed by atoms with Crippen LogP contribution in [0.2, 0.25) is 0 Å². The summed E-state index contributed by atoms with van der Waals surface area (Å²) in [7, 11) is 0. The lowest BCUT2D eigenvalue weighted by atomic mass is 9.56. The van der Waals surface area contributed by atoms with Crippen molar-refractivity contribution in [2.24, 2.45) is 22.7 Å². The van der Waals surface area contributed by atoms with E-state index in [1.807, 2.05) is 0 Å². The highest BCUT2D eigenvalue weighted by molar-refractivity contribution is 5.19. The van der Waals surface area contributed by atoms with E-state index in [0.717, 1.165) is 12.8 Å². The van der Waals surface area contributed by atoms with E-state index in [1.54, 1.807) is 0 Å². The first-order chi connectivity index (χ1) is 5.68. The molecule has 0 saturated heterocycles. The smallest absolute Gasteiger partial charge is 0.117 e. The maximum Gasteiger partial charge on any atom is 0.117 e. The van der Waals surface area contributed by atoms with Crippen LogP contribution in [0.25, 0.3) is 0 Å². The molecule has 3 atom stereocenters. The molecule has 3 rings (SSSR count). The van der Waals surface area contributed by atoms with Crippen LogP contribution in [0.1, 0.15) is 47.5 Å². The van der Waals surface area contributed by atoms with Crippen LogP contribution in [-0.2, 0) is 0 Å². The first-order valence-corrected chi connectivity index (χ1v) is 5.37. The van der Waals surface area contributed by atoms with Crippen molar-refractivity contribution in [2.45, 2.75) is 53.1 Å². The average Bonchev–Trinajstić information content (AvgIpc) is 2.37. The quantitative estimate of drug-likeness (QED) is 0.537. The van der Waals surface area contributed by atoms with Crippen LogP contribution in [0, 0.1) is 22.7 Å². The Labute approximate surface area is 80.9 Å². The molecule has 0 aromatic heterocycles. The molecule has 0 N–H and O–H groups in total. The van der Waals surface area contributed by atoms with E-state index < -0.39 is 5.67 Å². The lowest BCUT2D eigenvalue weighted by Gasteiger charge is -2.50. The Balaban J connectivity index is 2.25. The van der Waals surface area contributed by atoms with Gasteiger partial charge >= 0.3 is 0 Å². The third-order valence-electron chi connectivity index (χ3n) is 4.77. The van der Waals surface area contributed by atoms with Crippen LogP contribution in [-0.4, -0.2) is 5.67 Å². The summed E-state index contributed by atoms with van der Waals surface area (Å²) in [5.74, 6) is 1.21. The van der Waals surface area contributed by atoms with E-state index in [4.69, 9.17) is 0 Å². The van der Waals surface area contributed by atoms with Crippen LogP contribution in [0.15, 0.2) is 0 Å². The van der Waals surface area contributed by atoms with Gasteiger partial charge in [0.25, 0.3) is 0 Å². The van der Waals surface area contributed by atoms with Gasteiger partial charge in [-0.15, -0.1) is 0 Å². The number of fused-ring (bicyclic) bond motifs is 1. The maximum absolute atomic E-state index is 14.2. The van der Waals surface area contributed by atoms with E-state index in [-0.39, 0.29) is 10.8 Å². The molecular formula is C12H21F. The van der Waals surface area contributed by atoms with Crippen molar-refractivity contribution in [3.8, 4) is 0 Å². The summed E-state index contributed by atoms with van der Waals surface area (Å²) in [5.41, 5.74) is -0.604. The second-order valence-electron chi connectivity index (χ2n) is 6.67. The lowest BCUT2D eigenvalue weighted by molar-refractivity contribution is -0.0899. The van der Waals surface area contributed by atoms with Crippen molar-refractivity contribution in [1.82, 2.24) is 0 Å². The SMILES string of the molecule is CC(C)(C)C1CC2(F)CC1C2(C)C. The van der Waals surface area contributed by atoms with Gasteiger partial charge in [-0.3, -0.25) is 0 Å². The van der Waals surface area contributed by atoms with Gasteiger partial charge in [0.1, 0.15) is 5.67 Å². The number of halogens is 1. The highest BCUT2D eigenvalue weighted by Crippen LogP contribution is 2.72. The third kappa shape index (κ3) is 0.964. The molecule has 3 saturated carbocycles. The van der Waals surface area contributed by atoms with Crippen molar-refractivity contribution < 1.29 is 4.39 Å². The van der Waals surface area contributed by atoms with Gasteiger partial charge in [-0.25, -0.2) is 4.39 Å². The molecule has 3 unspecified atom stereocenters. The summed E-state index contributed by atoms with van der Waals surface area (Å²) in [4.78, 5) is 0. The maximum atomic E-state index is 14.2. The molecule has 2 bridgehead atoms. The minimum atomic E-state index is -0.838. The Hall–Kier alpha value is -0.0700. The predicted molar refractivity (Wildman–Crippen MR) is 53.3 cm³/mol. The van der Waals surface area contributed by atoms with Crippen molar-refractivity contribution in [1.29, 1.82) is 0 Å². The van der Waals surface area contributed by atoms with Crippen LogP contribution >= 0.6 is 0 Å². The number of hydrogen-bond acceptors (Lipinski definition) is 0. The van der Waals surface area contributed by atoms with Gasteiger partial charge in [0.05, 0.1) is 0 Å². The zero-order chi connectivity index (χ0) is 10.1. The third-order valence-corrected chi connectivity index (χ3v) is 4.77. The Kier molecular flexibility index (Phi) is 1.55. The second kappa shape index (κ2) is 2.12. The van der Waals surface area contributed by atoms with Crippen LogP contribution < -0.4 is 0 Å². The largest absolute Gasteiger partial charge is 0.243 e. The summed E-state index contributed by atoms with van der Waals surface area (Å²) in [6.07, 6.45) is 1.62. The Bertz CT molecular complexity index is 233. The molecule has 0 nitrogen and oxygen atoms in total. The second-order valence-corrected chi connectivity index (χ2v) is 6.67. The molecule has 0 heterocycles. The average molecular weight is 184 g/mol. The predicted octanol–water partition coefficient (Wildman–Crippen LogP) is 3.81. The van der Waals surface area contributed by atoms with Crippen molar-refractivity contribution >= 4 is 0 Å². The van der Waals surface area contributed by atoms with E-state index in [9.17, 15) is 4.39 Å². The highest BCUT2D eigenvalue weighted by atomic mass is 19.1. The van der Waals surface area contributed by atoms with Crippen molar-refractivity contribution in [2.75, 3.05) is 0 Å². The Morgan fingerprint density at radius 1 is 1.15 bits per heavy atom. The summed E-state index contributed by atoms with van der Waals surface area (Å²) in [6.45, 7) is 11.0. The molecule has 3 fully saturated rings. The molecule has 13 heavy (non-hydrogen) atoms. The lowest BCUT2D eigenvalue weighted by Crippen LogP contribution is -2.51. The van der Waals surface area contributed by atoms with Gasteiger partial charge < -0.3 is 0 Å². The number of hydrogen-bond donors (Lipinski definition) is 0. The van der Waals surface area contributed by atoms with Gasteiger partial charge in [-0.05, 0) is 30.1 Å². The molecule has 3 aliphatic rings. The molecule has 1 heteroatoms. The van der Waals surface area contributed by atoms with Crippen LogP contribution in [0.4, 0.5) is 4.39 Å². The topological polar surface area (TPSA) is 0 Å². The monoisotopic (exact) mass is 184 g/mol. The van der Waals surface area contributed by atoms with Gasteiger partial charge in [0, 0.05) is 5.41 Å². The molecule has 0 amide bonds. The fourth-order valence-electron chi connectivity index (χ4n) is 3.46.